The van der Waals surface area contributed by atoms with Crippen molar-refractivity contribution in [1.29, 1.82) is 0 Å². The van der Waals surface area contributed by atoms with Crippen LogP contribution in [0.25, 0.3) is 6.08 Å². The summed E-state index contributed by atoms with van der Waals surface area (Å²) in [6.45, 7) is 2.55. The Morgan fingerprint density at radius 3 is 2.43 bits per heavy atom. The zero-order valence-electron chi connectivity index (χ0n) is 16.4. The lowest BCUT2D eigenvalue weighted by atomic mass is 10.2. The third kappa shape index (κ3) is 6.07. The van der Waals surface area contributed by atoms with E-state index in [1.807, 2.05) is 6.92 Å². The van der Waals surface area contributed by atoms with Crippen LogP contribution in [0.2, 0.25) is 0 Å². The quantitative estimate of drug-likeness (QED) is 0.507. The van der Waals surface area contributed by atoms with Gasteiger partial charge in [0.05, 0.1) is 24.3 Å². The number of benzene rings is 2. The zero-order valence-corrected chi connectivity index (χ0v) is 17.2. The molecule has 2 N–H and O–H groups in total. The summed E-state index contributed by atoms with van der Waals surface area (Å²) in [6.07, 6.45) is 4.47. The molecule has 1 aromatic heterocycles. The van der Waals surface area contributed by atoms with Gasteiger partial charge in [-0.3, -0.25) is 4.79 Å². The number of carbonyl (C=O) groups excluding carboxylic acids is 1. The highest BCUT2D eigenvalue weighted by atomic mass is 32.2. The molecule has 0 unspecified atom stereocenters. The fourth-order valence-electron chi connectivity index (χ4n) is 2.58. The summed E-state index contributed by atoms with van der Waals surface area (Å²) >= 11 is 0. The predicted molar refractivity (Wildman–Crippen MR) is 114 cm³/mol. The smallest absolute Gasteiger partial charge is 0.248 e. The molecule has 0 spiro atoms. The largest absolute Gasteiger partial charge is 0.494 e. The van der Waals surface area contributed by atoms with Gasteiger partial charge in [0.2, 0.25) is 15.9 Å². The fourth-order valence-corrected chi connectivity index (χ4v) is 3.57. The summed E-state index contributed by atoms with van der Waals surface area (Å²) in [7, 11) is -3.66. The average Bonchev–Trinajstić information content (AvgIpc) is 3.27. The molecule has 1 amide bonds. The molecule has 0 aliphatic rings. The predicted octanol–water partition coefficient (Wildman–Crippen LogP) is 3.81. The molecule has 2 aromatic carbocycles. The van der Waals surface area contributed by atoms with E-state index in [0.717, 1.165) is 5.75 Å². The van der Waals surface area contributed by atoms with Crippen LogP contribution in [-0.4, -0.2) is 20.9 Å². The van der Waals surface area contributed by atoms with Gasteiger partial charge in [0.15, 0.2) is 0 Å². The summed E-state index contributed by atoms with van der Waals surface area (Å²) in [5.74, 6) is 0.965. The molecular weight excluding hydrogens is 404 g/mol. The monoisotopic (exact) mass is 426 g/mol. The number of hydrogen-bond donors (Lipinski definition) is 2. The Hall–Kier alpha value is -3.36. The third-order valence-electron chi connectivity index (χ3n) is 4.07. The van der Waals surface area contributed by atoms with E-state index in [1.165, 1.54) is 24.5 Å². The highest BCUT2D eigenvalue weighted by molar-refractivity contribution is 7.89. The molecule has 0 fully saturated rings. The van der Waals surface area contributed by atoms with E-state index >= 15 is 0 Å². The van der Waals surface area contributed by atoms with Crippen LogP contribution in [-0.2, 0) is 21.4 Å². The number of hydrogen-bond acceptors (Lipinski definition) is 5. The molecule has 0 radical (unpaired) electrons. The van der Waals surface area contributed by atoms with Gasteiger partial charge < -0.3 is 14.5 Å². The zero-order chi connectivity index (χ0) is 21.4. The van der Waals surface area contributed by atoms with Gasteiger partial charge >= 0.3 is 0 Å². The summed E-state index contributed by atoms with van der Waals surface area (Å²) in [4.78, 5) is 12.2. The van der Waals surface area contributed by atoms with Crippen molar-refractivity contribution in [3.63, 3.8) is 0 Å². The third-order valence-corrected chi connectivity index (χ3v) is 5.48. The second kappa shape index (κ2) is 9.91. The summed E-state index contributed by atoms with van der Waals surface area (Å²) < 4.78 is 37.6. The Kier molecular flexibility index (Phi) is 7.05. The summed E-state index contributed by atoms with van der Waals surface area (Å²) in [5.41, 5.74) is 1.35. The lowest BCUT2D eigenvalue weighted by molar-refractivity contribution is -0.111. The molecule has 0 atom stereocenters. The first-order valence-corrected chi connectivity index (χ1v) is 10.8. The number of furan rings is 1. The SMILES string of the molecule is CCOc1ccc(NC(=O)/C=C/c2ccc(S(=O)(=O)NCc3ccco3)cc2)cc1. The molecule has 0 aliphatic heterocycles. The first-order valence-electron chi connectivity index (χ1n) is 9.30. The topological polar surface area (TPSA) is 97.6 Å². The number of sulfonamides is 1. The molecule has 7 nitrogen and oxygen atoms in total. The maximum atomic E-state index is 12.3. The van der Waals surface area contributed by atoms with Gasteiger partial charge in [-0.1, -0.05) is 12.1 Å². The standard InChI is InChI=1S/C22H22N2O5S/c1-2-28-19-10-8-18(9-11-19)24-22(25)14-7-17-5-12-21(13-6-17)30(26,27)23-16-20-4-3-15-29-20/h3-15,23H,2,16H2,1H3,(H,24,25)/b14-7+. The molecule has 3 aromatic rings. The van der Waals surface area contributed by atoms with Gasteiger partial charge in [-0.2, -0.15) is 0 Å². The molecule has 0 saturated carbocycles. The summed E-state index contributed by atoms with van der Waals surface area (Å²) in [5, 5.41) is 2.75. The number of carbonyl (C=O) groups is 1. The van der Waals surface area contributed by atoms with E-state index in [4.69, 9.17) is 9.15 Å². The van der Waals surface area contributed by atoms with Crippen LogP contribution in [0.5, 0.6) is 5.75 Å². The molecule has 156 valence electrons. The minimum atomic E-state index is -3.66. The van der Waals surface area contributed by atoms with E-state index in [9.17, 15) is 13.2 Å². The maximum Gasteiger partial charge on any atom is 0.248 e. The molecule has 0 saturated heterocycles. The molecule has 0 bridgehead atoms. The lowest BCUT2D eigenvalue weighted by Crippen LogP contribution is -2.22. The molecular formula is C22H22N2O5S. The molecule has 1 heterocycles. The van der Waals surface area contributed by atoms with Crippen molar-refractivity contribution >= 4 is 27.7 Å². The van der Waals surface area contributed by atoms with Crippen LogP contribution in [0.3, 0.4) is 0 Å². The lowest BCUT2D eigenvalue weighted by Gasteiger charge is -2.06. The van der Waals surface area contributed by atoms with Crippen molar-refractivity contribution in [2.45, 2.75) is 18.4 Å². The normalized spacial score (nSPS) is 11.5. The second-order valence-corrected chi connectivity index (χ2v) is 8.02. The van der Waals surface area contributed by atoms with Crippen molar-refractivity contribution in [3.8, 4) is 5.75 Å². The number of rotatable bonds is 9. The number of amides is 1. The van der Waals surface area contributed by atoms with Gasteiger partial charge in [0.25, 0.3) is 0 Å². The minimum Gasteiger partial charge on any atom is -0.494 e. The van der Waals surface area contributed by atoms with Crippen molar-refractivity contribution in [2.24, 2.45) is 0 Å². The molecule has 3 rings (SSSR count). The Morgan fingerprint density at radius 2 is 1.80 bits per heavy atom. The minimum absolute atomic E-state index is 0.0721. The summed E-state index contributed by atoms with van der Waals surface area (Å²) in [6, 6.07) is 16.7. The van der Waals surface area contributed by atoms with Gasteiger partial charge in [-0.15, -0.1) is 0 Å². The van der Waals surface area contributed by atoms with Crippen LogP contribution in [0.1, 0.15) is 18.2 Å². The van der Waals surface area contributed by atoms with Crippen LogP contribution in [0.4, 0.5) is 5.69 Å². The number of nitrogens with one attached hydrogen (secondary N) is 2. The first-order chi connectivity index (χ1) is 14.5. The van der Waals surface area contributed by atoms with Gasteiger partial charge in [-0.25, -0.2) is 13.1 Å². The van der Waals surface area contributed by atoms with Gasteiger partial charge in [0.1, 0.15) is 11.5 Å². The van der Waals surface area contributed by atoms with E-state index in [1.54, 1.807) is 54.6 Å². The fraction of sp³-hybridized carbons (Fsp3) is 0.136. The molecule has 8 heteroatoms. The molecule has 30 heavy (non-hydrogen) atoms. The van der Waals surface area contributed by atoms with Crippen LogP contribution in [0, 0.1) is 0 Å². The van der Waals surface area contributed by atoms with Crippen LogP contribution in [0.15, 0.2) is 82.3 Å². The Labute approximate surface area is 175 Å². The highest BCUT2D eigenvalue weighted by Gasteiger charge is 2.13. The first kappa shape index (κ1) is 21.4. The van der Waals surface area contributed by atoms with Crippen molar-refractivity contribution in [1.82, 2.24) is 4.72 Å². The Bertz CT molecular complexity index is 1090. The van der Waals surface area contributed by atoms with Crippen molar-refractivity contribution < 1.29 is 22.4 Å². The number of anilines is 1. The average molecular weight is 426 g/mol. The van der Waals surface area contributed by atoms with E-state index in [0.29, 0.717) is 23.6 Å². The van der Waals surface area contributed by atoms with E-state index in [2.05, 4.69) is 10.0 Å². The second-order valence-electron chi connectivity index (χ2n) is 6.25. The highest BCUT2D eigenvalue weighted by Crippen LogP contribution is 2.16. The Balaban J connectivity index is 1.56. The Morgan fingerprint density at radius 1 is 1.07 bits per heavy atom. The van der Waals surface area contributed by atoms with E-state index in [-0.39, 0.29) is 17.3 Å². The van der Waals surface area contributed by atoms with Gasteiger partial charge in [0, 0.05) is 11.8 Å². The molecule has 0 aliphatic carbocycles. The van der Waals surface area contributed by atoms with Crippen LogP contribution < -0.4 is 14.8 Å². The van der Waals surface area contributed by atoms with Gasteiger partial charge in [-0.05, 0) is 67.1 Å². The van der Waals surface area contributed by atoms with Crippen molar-refractivity contribution in [3.05, 3.63) is 84.3 Å². The number of ether oxygens (including phenoxy) is 1. The van der Waals surface area contributed by atoms with Crippen LogP contribution >= 0.6 is 0 Å². The van der Waals surface area contributed by atoms with E-state index < -0.39 is 10.0 Å². The van der Waals surface area contributed by atoms with Crippen molar-refractivity contribution in [2.75, 3.05) is 11.9 Å². The maximum absolute atomic E-state index is 12.3.